The molecule has 2 atom stereocenters. The van der Waals surface area contributed by atoms with E-state index in [0.29, 0.717) is 12.6 Å². The van der Waals surface area contributed by atoms with Crippen LogP contribution in [0.3, 0.4) is 0 Å². The number of aryl methyl sites for hydroxylation is 2. The zero-order valence-electron chi connectivity index (χ0n) is 17.2. The molecule has 9 heteroatoms. The van der Waals surface area contributed by atoms with E-state index in [2.05, 4.69) is 27.3 Å². The lowest BCUT2D eigenvalue weighted by molar-refractivity contribution is 0.0188. The summed E-state index contributed by atoms with van der Waals surface area (Å²) in [5.74, 6) is 0.714. The highest BCUT2D eigenvalue weighted by Gasteiger charge is 2.24. The van der Waals surface area contributed by atoms with E-state index in [1.54, 1.807) is 28.4 Å². The van der Waals surface area contributed by atoms with Crippen molar-refractivity contribution < 1.29 is 4.74 Å². The molecule has 9 nitrogen and oxygen atoms in total. The molecule has 1 aliphatic rings. The Morgan fingerprint density at radius 2 is 2.13 bits per heavy atom. The Hall–Kier alpha value is -3.33. The third-order valence-corrected chi connectivity index (χ3v) is 5.81. The van der Waals surface area contributed by atoms with Crippen LogP contribution in [0.25, 0.3) is 16.7 Å². The number of hydrogen-bond donors (Lipinski definition) is 1. The Balaban J connectivity index is 1.60. The summed E-state index contributed by atoms with van der Waals surface area (Å²) in [5.41, 5.74) is 5.09. The first kappa shape index (κ1) is 18.7. The first-order valence-corrected chi connectivity index (χ1v) is 10.0. The zero-order chi connectivity index (χ0) is 20.8. The quantitative estimate of drug-likeness (QED) is 0.559. The average Bonchev–Trinajstić information content (AvgIpc) is 3.18. The van der Waals surface area contributed by atoms with Crippen LogP contribution in [-0.4, -0.2) is 41.8 Å². The second-order valence-corrected chi connectivity index (χ2v) is 7.89. The largest absolute Gasteiger partial charge is 0.378 e. The van der Waals surface area contributed by atoms with Crippen LogP contribution >= 0.6 is 0 Å². The van der Waals surface area contributed by atoms with Gasteiger partial charge in [0, 0.05) is 19.7 Å². The van der Waals surface area contributed by atoms with Gasteiger partial charge in [-0.2, -0.15) is 5.10 Å². The van der Waals surface area contributed by atoms with Crippen LogP contribution in [-0.2, 0) is 11.8 Å². The number of anilines is 2. The normalized spacial score (nSPS) is 19.4. The number of nitrogens with zero attached hydrogens (tertiary/aromatic N) is 6. The SMILES string of the molecule is Cc1cc2ncnn2cc1Nc1ncc2c(n1)c(C1CCOC(C)C1)cc(=O)n2C. The molecule has 1 saturated heterocycles. The third kappa shape index (κ3) is 3.21. The Morgan fingerprint density at radius 3 is 2.97 bits per heavy atom. The summed E-state index contributed by atoms with van der Waals surface area (Å²) in [7, 11) is 1.75. The standard InChI is InChI=1S/C21H23N7O2/c1-12-6-18-23-11-24-28(18)10-16(12)25-21-22-9-17-20(26-21)15(8-19(29)27(17)3)14-4-5-30-13(2)7-14/h6,8-11,13-14H,4-5,7H2,1-3H3,(H,22,25,26). The van der Waals surface area contributed by atoms with Gasteiger partial charge in [0.2, 0.25) is 5.95 Å². The van der Waals surface area contributed by atoms with Crippen LogP contribution in [0.4, 0.5) is 11.6 Å². The smallest absolute Gasteiger partial charge is 0.251 e. The van der Waals surface area contributed by atoms with E-state index in [4.69, 9.17) is 9.72 Å². The lowest BCUT2D eigenvalue weighted by atomic mass is 9.88. The van der Waals surface area contributed by atoms with Gasteiger partial charge in [-0.1, -0.05) is 0 Å². The molecule has 0 aliphatic carbocycles. The van der Waals surface area contributed by atoms with Crippen molar-refractivity contribution in [3.8, 4) is 0 Å². The van der Waals surface area contributed by atoms with Crippen molar-refractivity contribution in [2.75, 3.05) is 11.9 Å². The van der Waals surface area contributed by atoms with Gasteiger partial charge in [-0.05, 0) is 49.8 Å². The summed E-state index contributed by atoms with van der Waals surface area (Å²) >= 11 is 0. The number of aromatic nitrogens is 6. The minimum atomic E-state index is -0.0477. The molecule has 0 aromatic carbocycles. The molecule has 5 rings (SSSR count). The molecule has 154 valence electrons. The predicted octanol–water partition coefficient (Wildman–Crippen LogP) is 2.71. The first-order valence-electron chi connectivity index (χ1n) is 10.0. The molecule has 1 fully saturated rings. The Labute approximate surface area is 172 Å². The monoisotopic (exact) mass is 405 g/mol. The van der Waals surface area contributed by atoms with Gasteiger partial charge in [-0.25, -0.2) is 19.5 Å². The Morgan fingerprint density at radius 1 is 1.27 bits per heavy atom. The Kier molecular flexibility index (Phi) is 4.47. The van der Waals surface area contributed by atoms with Gasteiger partial charge < -0.3 is 14.6 Å². The van der Waals surface area contributed by atoms with Gasteiger partial charge >= 0.3 is 0 Å². The van der Waals surface area contributed by atoms with Crippen LogP contribution in [0.1, 0.15) is 36.8 Å². The van der Waals surface area contributed by atoms with E-state index in [0.717, 1.165) is 46.3 Å². The molecule has 5 heterocycles. The van der Waals surface area contributed by atoms with Crippen molar-refractivity contribution in [1.29, 1.82) is 0 Å². The highest BCUT2D eigenvalue weighted by Crippen LogP contribution is 2.33. The van der Waals surface area contributed by atoms with Gasteiger partial charge in [0.25, 0.3) is 5.56 Å². The van der Waals surface area contributed by atoms with Crippen molar-refractivity contribution in [3.05, 3.63) is 52.3 Å². The molecule has 30 heavy (non-hydrogen) atoms. The van der Waals surface area contributed by atoms with Crippen LogP contribution < -0.4 is 10.9 Å². The van der Waals surface area contributed by atoms with Gasteiger partial charge in [0.1, 0.15) is 6.33 Å². The van der Waals surface area contributed by atoms with Gasteiger partial charge in [0.15, 0.2) is 5.65 Å². The number of rotatable bonds is 3. The van der Waals surface area contributed by atoms with E-state index in [-0.39, 0.29) is 17.6 Å². The maximum absolute atomic E-state index is 12.5. The van der Waals surface area contributed by atoms with Crippen molar-refractivity contribution >= 4 is 28.3 Å². The second kappa shape index (κ2) is 7.17. The molecule has 4 aromatic rings. The lowest BCUT2D eigenvalue weighted by Gasteiger charge is -2.28. The van der Waals surface area contributed by atoms with E-state index < -0.39 is 0 Å². The second-order valence-electron chi connectivity index (χ2n) is 7.89. The molecular formula is C21H23N7O2. The van der Waals surface area contributed by atoms with Crippen LogP contribution in [0.5, 0.6) is 0 Å². The van der Waals surface area contributed by atoms with Gasteiger partial charge in [-0.3, -0.25) is 4.79 Å². The number of nitrogens with one attached hydrogen (secondary N) is 1. The predicted molar refractivity (Wildman–Crippen MR) is 113 cm³/mol. The van der Waals surface area contributed by atoms with Crippen molar-refractivity contribution in [2.24, 2.45) is 7.05 Å². The van der Waals surface area contributed by atoms with Crippen molar-refractivity contribution in [1.82, 2.24) is 29.1 Å². The lowest BCUT2D eigenvalue weighted by Crippen LogP contribution is -2.25. The van der Waals surface area contributed by atoms with Gasteiger partial charge in [-0.15, -0.1) is 0 Å². The number of pyridine rings is 2. The van der Waals surface area contributed by atoms with E-state index in [1.807, 2.05) is 19.2 Å². The fourth-order valence-electron chi connectivity index (χ4n) is 4.11. The van der Waals surface area contributed by atoms with Crippen LogP contribution in [0.2, 0.25) is 0 Å². The number of hydrogen-bond acceptors (Lipinski definition) is 7. The minimum Gasteiger partial charge on any atom is -0.378 e. The Bertz CT molecular complexity index is 1310. The number of fused-ring (bicyclic) bond motifs is 2. The van der Waals surface area contributed by atoms with Crippen LogP contribution in [0.15, 0.2) is 35.6 Å². The zero-order valence-corrected chi connectivity index (χ0v) is 17.2. The van der Waals surface area contributed by atoms with E-state index in [9.17, 15) is 4.79 Å². The number of ether oxygens (including phenoxy) is 1. The summed E-state index contributed by atoms with van der Waals surface area (Å²) < 4.78 is 9.00. The summed E-state index contributed by atoms with van der Waals surface area (Å²) in [6.45, 7) is 4.76. The summed E-state index contributed by atoms with van der Waals surface area (Å²) in [6, 6.07) is 3.67. The summed E-state index contributed by atoms with van der Waals surface area (Å²) in [5, 5.41) is 7.49. The molecule has 4 aromatic heterocycles. The molecule has 1 N–H and O–H groups in total. The maximum atomic E-state index is 12.5. The van der Waals surface area contributed by atoms with Crippen molar-refractivity contribution in [2.45, 2.75) is 38.7 Å². The molecule has 0 saturated carbocycles. The molecular weight excluding hydrogens is 382 g/mol. The molecule has 2 unspecified atom stereocenters. The van der Waals surface area contributed by atoms with E-state index >= 15 is 0 Å². The fourth-order valence-corrected chi connectivity index (χ4v) is 4.11. The molecule has 0 bridgehead atoms. The maximum Gasteiger partial charge on any atom is 0.251 e. The topological polar surface area (TPSA) is 99.2 Å². The van der Waals surface area contributed by atoms with E-state index in [1.165, 1.54) is 6.33 Å². The minimum absolute atomic E-state index is 0.0477. The fraction of sp³-hybridized carbons (Fsp3) is 0.381. The average molecular weight is 405 g/mol. The summed E-state index contributed by atoms with van der Waals surface area (Å²) in [4.78, 5) is 26.0. The van der Waals surface area contributed by atoms with Gasteiger partial charge in [0.05, 0.1) is 35.2 Å². The summed E-state index contributed by atoms with van der Waals surface area (Å²) in [6.07, 6.45) is 7.01. The molecule has 0 amide bonds. The highest BCUT2D eigenvalue weighted by atomic mass is 16.5. The highest BCUT2D eigenvalue weighted by molar-refractivity contribution is 5.80. The van der Waals surface area contributed by atoms with Crippen molar-refractivity contribution in [3.63, 3.8) is 0 Å². The molecule has 1 aliphatic heterocycles. The molecule has 0 radical (unpaired) electrons. The molecule has 0 spiro atoms. The van der Waals surface area contributed by atoms with Crippen LogP contribution in [0, 0.1) is 6.92 Å². The first-order chi connectivity index (χ1) is 14.5. The third-order valence-electron chi connectivity index (χ3n) is 5.81.